The highest BCUT2D eigenvalue weighted by Crippen LogP contribution is 2.34. The van der Waals surface area contributed by atoms with E-state index in [9.17, 15) is 9.18 Å². The second kappa shape index (κ2) is 5.15. The lowest BCUT2D eigenvalue weighted by molar-refractivity contribution is 0.0732. The zero-order chi connectivity index (χ0) is 15.1. The quantitative estimate of drug-likeness (QED) is 0.841. The van der Waals surface area contributed by atoms with Crippen LogP contribution in [0.1, 0.15) is 27.7 Å². The van der Waals surface area contributed by atoms with Crippen molar-refractivity contribution < 1.29 is 9.18 Å². The van der Waals surface area contributed by atoms with Gasteiger partial charge < -0.3 is 10.2 Å². The van der Waals surface area contributed by atoms with E-state index in [4.69, 9.17) is 0 Å². The lowest BCUT2D eigenvalue weighted by Crippen LogP contribution is -2.41. The van der Waals surface area contributed by atoms with Gasteiger partial charge in [-0.25, -0.2) is 4.39 Å². The van der Waals surface area contributed by atoms with Gasteiger partial charge in [-0.1, -0.05) is 34.1 Å². The Kier molecular flexibility index (Phi) is 3.45. The predicted molar refractivity (Wildman–Crippen MR) is 83.7 cm³/mol. The van der Waals surface area contributed by atoms with Crippen molar-refractivity contribution in [1.82, 2.24) is 4.90 Å². The average molecular weight is 349 g/mol. The van der Waals surface area contributed by atoms with E-state index in [-0.39, 0.29) is 11.7 Å². The van der Waals surface area contributed by atoms with Crippen molar-refractivity contribution in [2.45, 2.75) is 13.1 Å². The lowest BCUT2D eigenvalue weighted by Gasteiger charge is -2.36. The number of aryl methyl sites for hydroxylation is 1. The molecular formula is C16H14BrFN2O. The molecule has 1 N–H and O–H groups in total. The Labute approximate surface area is 130 Å². The molecule has 1 unspecified atom stereocenters. The number of halogens is 2. The Balaban J connectivity index is 2.08. The molecule has 0 aliphatic carbocycles. The van der Waals surface area contributed by atoms with E-state index in [1.54, 1.807) is 19.2 Å². The molecule has 0 radical (unpaired) electrons. The molecule has 21 heavy (non-hydrogen) atoms. The maximum absolute atomic E-state index is 14.2. The van der Waals surface area contributed by atoms with E-state index in [0.717, 1.165) is 11.3 Å². The van der Waals surface area contributed by atoms with Gasteiger partial charge in [0.05, 0.1) is 5.56 Å². The Bertz CT molecular complexity index is 732. The summed E-state index contributed by atoms with van der Waals surface area (Å²) < 4.78 is 14.9. The Morgan fingerprint density at radius 1 is 1.29 bits per heavy atom. The number of nitrogens with one attached hydrogen (secondary N) is 1. The topological polar surface area (TPSA) is 32.3 Å². The van der Waals surface area contributed by atoms with Crippen LogP contribution in [0.5, 0.6) is 0 Å². The van der Waals surface area contributed by atoms with Crippen LogP contribution in [0.3, 0.4) is 0 Å². The number of carbonyl (C=O) groups excluding carboxylic acids is 1. The molecule has 0 aromatic heterocycles. The molecule has 2 aromatic carbocycles. The van der Waals surface area contributed by atoms with Gasteiger partial charge in [-0.3, -0.25) is 4.79 Å². The maximum Gasteiger partial charge on any atom is 0.257 e. The van der Waals surface area contributed by atoms with Crippen LogP contribution in [-0.2, 0) is 0 Å². The predicted octanol–water partition coefficient (Wildman–Crippen LogP) is 4.09. The van der Waals surface area contributed by atoms with Crippen LogP contribution in [0.25, 0.3) is 0 Å². The summed E-state index contributed by atoms with van der Waals surface area (Å²) >= 11 is 3.24. The number of fused-ring (bicyclic) bond motifs is 1. The Morgan fingerprint density at radius 2 is 2.05 bits per heavy atom. The molecule has 1 heterocycles. The normalized spacial score (nSPS) is 17.4. The summed E-state index contributed by atoms with van der Waals surface area (Å²) in [7, 11) is 1.68. The van der Waals surface area contributed by atoms with E-state index in [1.165, 1.54) is 11.0 Å². The van der Waals surface area contributed by atoms with E-state index in [1.807, 2.05) is 25.1 Å². The fraction of sp³-hybridized carbons (Fsp3) is 0.188. The third-order valence-electron chi connectivity index (χ3n) is 3.74. The fourth-order valence-corrected chi connectivity index (χ4v) is 2.95. The lowest BCUT2D eigenvalue weighted by atomic mass is 10.00. The monoisotopic (exact) mass is 348 g/mol. The molecular weight excluding hydrogens is 335 g/mol. The molecule has 1 aliphatic rings. The minimum Gasteiger partial charge on any atom is -0.361 e. The van der Waals surface area contributed by atoms with Crippen molar-refractivity contribution in [3.63, 3.8) is 0 Å². The number of hydrogen-bond acceptors (Lipinski definition) is 2. The number of carbonyl (C=O) groups is 1. The van der Waals surface area contributed by atoms with Gasteiger partial charge in [0.2, 0.25) is 0 Å². The Hall–Kier alpha value is -1.88. The molecule has 0 saturated carbocycles. The van der Waals surface area contributed by atoms with Crippen LogP contribution in [0.4, 0.5) is 10.1 Å². The van der Waals surface area contributed by atoms with Crippen molar-refractivity contribution in [2.75, 3.05) is 12.4 Å². The summed E-state index contributed by atoms with van der Waals surface area (Å²) in [5.74, 6) is -0.452. The van der Waals surface area contributed by atoms with Gasteiger partial charge in [-0.15, -0.1) is 0 Å². The van der Waals surface area contributed by atoms with Crippen LogP contribution < -0.4 is 5.32 Å². The highest BCUT2D eigenvalue weighted by Gasteiger charge is 2.32. The zero-order valence-electron chi connectivity index (χ0n) is 11.7. The molecule has 0 bridgehead atoms. The van der Waals surface area contributed by atoms with Gasteiger partial charge in [-0.2, -0.15) is 0 Å². The molecule has 5 heteroatoms. The number of amides is 1. The van der Waals surface area contributed by atoms with Gasteiger partial charge in [0.15, 0.2) is 0 Å². The first-order valence-electron chi connectivity index (χ1n) is 6.57. The highest BCUT2D eigenvalue weighted by atomic mass is 79.9. The van der Waals surface area contributed by atoms with Crippen LogP contribution in [-0.4, -0.2) is 17.9 Å². The summed E-state index contributed by atoms with van der Waals surface area (Å²) in [5.41, 5.74) is 2.74. The van der Waals surface area contributed by atoms with E-state index in [2.05, 4.69) is 21.2 Å². The molecule has 1 amide bonds. The largest absolute Gasteiger partial charge is 0.361 e. The minimum atomic E-state index is -0.514. The van der Waals surface area contributed by atoms with Crippen LogP contribution in [0.15, 0.2) is 40.9 Å². The van der Waals surface area contributed by atoms with Crippen molar-refractivity contribution >= 4 is 27.5 Å². The number of benzene rings is 2. The second-order valence-corrected chi connectivity index (χ2v) is 6.04. The summed E-state index contributed by atoms with van der Waals surface area (Å²) in [5, 5.41) is 3.24. The van der Waals surface area contributed by atoms with Gasteiger partial charge in [0.1, 0.15) is 12.0 Å². The zero-order valence-corrected chi connectivity index (χ0v) is 13.2. The molecule has 2 aromatic rings. The average Bonchev–Trinajstić information content (AvgIpc) is 2.43. The molecule has 3 nitrogen and oxygen atoms in total. The van der Waals surface area contributed by atoms with E-state index < -0.39 is 6.17 Å². The van der Waals surface area contributed by atoms with Crippen LogP contribution in [0.2, 0.25) is 0 Å². The number of nitrogens with zero attached hydrogens (tertiary/aromatic N) is 1. The second-order valence-electron chi connectivity index (χ2n) is 5.13. The standard InChI is InChI=1S/C16H14BrFN2O/c1-9-4-3-5-13-14(9)16(21)20(2)15(19-13)11-7-6-10(17)8-12(11)18/h3-8,15,19H,1-2H3. The third-order valence-corrected chi connectivity index (χ3v) is 4.24. The third kappa shape index (κ3) is 2.31. The van der Waals surface area contributed by atoms with Crippen LogP contribution >= 0.6 is 15.9 Å². The number of rotatable bonds is 1. The van der Waals surface area contributed by atoms with Crippen molar-refractivity contribution in [1.29, 1.82) is 0 Å². The highest BCUT2D eigenvalue weighted by molar-refractivity contribution is 9.10. The van der Waals surface area contributed by atoms with Crippen molar-refractivity contribution in [3.8, 4) is 0 Å². The van der Waals surface area contributed by atoms with Gasteiger partial charge in [0.25, 0.3) is 5.91 Å². The SMILES string of the molecule is Cc1cccc2c1C(=O)N(C)C(c1ccc(Br)cc1F)N2. The molecule has 0 spiro atoms. The molecule has 108 valence electrons. The minimum absolute atomic E-state index is 0.103. The fourth-order valence-electron chi connectivity index (χ4n) is 2.62. The van der Waals surface area contributed by atoms with Crippen LogP contribution in [0, 0.1) is 12.7 Å². The molecule has 1 atom stereocenters. The van der Waals surface area contributed by atoms with E-state index in [0.29, 0.717) is 15.6 Å². The maximum atomic E-state index is 14.2. The summed E-state index contributed by atoms with van der Waals surface area (Å²) in [6, 6.07) is 10.5. The first-order valence-corrected chi connectivity index (χ1v) is 7.36. The summed E-state index contributed by atoms with van der Waals surface area (Å²) in [6.07, 6.45) is -0.514. The first-order chi connectivity index (χ1) is 9.99. The summed E-state index contributed by atoms with van der Waals surface area (Å²) in [4.78, 5) is 14.1. The summed E-state index contributed by atoms with van der Waals surface area (Å²) in [6.45, 7) is 1.90. The van der Waals surface area contributed by atoms with Gasteiger partial charge in [-0.05, 0) is 30.7 Å². The van der Waals surface area contributed by atoms with Crippen molar-refractivity contribution in [3.05, 3.63) is 63.4 Å². The van der Waals surface area contributed by atoms with Gasteiger partial charge >= 0.3 is 0 Å². The molecule has 1 aliphatic heterocycles. The number of hydrogen-bond donors (Lipinski definition) is 1. The molecule has 0 saturated heterocycles. The van der Waals surface area contributed by atoms with Crippen molar-refractivity contribution in [2.24, 2.45) is 0 Å². The first kappa shape index (κ1) is 14.1. The van der Waals surface area contributed by atoms with E-state index >= 15 is 0 Å². The molecule has 0 fully saturated rings. The number of anilines is 1. The Morgan fingerprint density at radius 3 is 2.76 bits per heavy atom. The smallest absolute Gasteiger partial charge is 0.257 e. The molecule has 3 rings (SSSR count). The van der Waals surface area contributed by atoms with Gasteiger partial charge in [0, 0.05) is 22.8 Å².